The van der Waals surface area contributed by atoms with Gasteiger partial charge in [-0.2, -0.15) is 0 Å². The fourth-order valence-electron chi connectivity index (χ4n) is 7.92. The average molecular weight is 750 g/mol. The summed E-state index contributed by atoms with van der Waals surface area (Å²) in [6.45, 7) is 0. The number of fused-ring (bicyclic) bond motifs is 9. The molecule has 0 fully saturated rings. The fourth-order valence-corrected chi connectivity index (χ4v) is 9.06. The Bertz CT molecular complexity index is 3480. The van der Waals surface area contributed by atoms with Gasteiger partial charge in [0.15, 0.2) is 28.9 Å². The van der Waals surface area contributed by atoms with E-state index in [1.807, 2.05) is 115 Å². The maximum atomic E-state index is 6.82. The number of rotatable bonds is 5. The highest BCUT2D eigenvalue weighted by Gasteiger charge is 2.24. The van der Waals surface area contributed by atoms with Gasteiger partial charge in [-0.15, -0.1) is 11.3 Å². The summed E-state index contributed by atoms with van der Waals surface area (Å²) < 4.78 is 15.8. The van der Waals surface area contributed by atoms with Crippen LogP contribution in [0.2, 0.25) is 0 Å². The van der Waals surface area contributed by atoms with Gasteiger partial charge in [0.25, 0.3) is 0 Å². The Morgan fingerprint density at radius 1 is 0.368 bits per heavy atom. The lowest BCUT2D eigenvalue weighted by molar-refractivity contribution is 0.663. The molecular weight excluding hydrogens is 723 g/mol. The van der Waals surface area contributed by atoms with Gasteiger partial charge in [-0.25, -0.2) is 24.9 Å². The van der Waals surface area contributed by atoms with Crippen LogP contribution in [0.4, 0.5) is 0 Å². The van der Waals surface area contributed by atoms with Crippen LogP contribution in [0.15, 0.2) is 173 Å². The van der Waals surface area contributed by atoms with Crippen LogP contribution in [0, 0.1) is 0 Å². The number of nitrogens with zero attached hydrogens (tertiary/aromatic N) is 5. The van der Waals surface area contributed by atoms with Crippen molar-refractivity contribution >= 4 is 75.5 Å². The highest BCUT2D eigenvalue weighted by atomic mass is 32.1. The Kier molecular flexibility index (Phi) is 6.96. The van der Waals surface area contributed by atoms with Gasteiger partial charge in [0.2, 0.25) is 0 Å². The lowest BCUT2D eigenvalue weighted by atomic mass is 10.0. The highest BCUT2D eigenvalue weighted by molar-refractivity contribution is 7.25. The summed E-state index contributed by atoms with van der Waals surface area (Å²) in [5, 5.41) is 5.23. The molecule has 0 amide bonds. The Morgan fingerprint density at radius 3 is 1.77 bits per heavy atom. The molecule has 7 nitrogen and oxygen atoms in total. The van der Waals surface area contributed by atoms with E-state index in [9.17, 15) is 0 Å². The Balaban J connectivity index is 1.09. The quantitative estimate of drug-likeness (QED) is 0.173. The molecule has 0 spiro atoms. The minimum Gasteiger partial charge on any atom is -0.455 e. The molecular formula is C49H27N5O2S. The van der Waals surface area contributed by atoms with Crippen molar-refractivity contribution in [2.75, 3.05) is 0 Å². The third kappa shape index (κ3) is 5.08. The first-order valence-electron chi connectivity index (χ1n) is 18.7. The number of thiophene rings is 1. The van der Waals surface area contributed by atoms with Crippen LogP contribution in [-0.2, 0) is 0 Å². The Hall–Kier alpha value is -7.55. The van der Waals surface area contributed by atoms with Gasteiger partial charge in [-0.1, -0.05) is 127 Å². The summed E-state index contributed by atoms with van der Waals surface area (Å²) in [5.41, 5.74) is 8.55. The molecule has 0 atom stereocenters. The zero-order valence-electron chi connectivity index (χ0n) is 30.0. The van der Waals surface area contributed by atoms with Gasteiger partial charge < -0.3 is 8.83 Å². The molecule has 7 aromatic carbocycles. The number of hydrogen-bond acceptors (Lipinski definition) is 8. The lowest BCUT2D eigenvalue weighted by Gasteiger charge is -2.09. The molecule has 57 heavy (non-hydrogen) atoms. The van der Waals surface area contributed by atoms with E-state index in [0.717, 1.165) is 55.1 Å². The third-order valence-corrected chi connectivity index (χ3v) is 11.7. The standard InChI is InChI=1S/C49H27N5O2S/c1-3-13-28(14-4-1)46-52-47(29-15-5-2-6-16-29)54-49(53-46)35-20-12-23-38-41(35)34-19-11-21-36(44(34)56-38)43-45-42(33-18-7-9-22-37(33)55-45)50-48(51-43)30-25-26-32-31-17-8-10-24-39(31)57-40(32)27-30/h1-27H. The largest absolute Gasteiger partial charge is 0.455 e. The first kappa shape index (κ1) is 31.8. The van der Waals surface area contributed by atoms with Crippen molar-refractivity contribution in [2.24, 2.45) is 0 Å². The molecule has 0 aliphatic carbocycles. The average Bonchev–Trinajstić information content (AvgIpc) is 3.98. The van der Waals surface area contributed by atoms with E-state index in [1.165, 1.54) is 20.2 Å². The van der Waals surface area contributed by atoms with Crippen LogP contribution in [0.25, 0.3) is 121 Å². The van der Waals surface area contributed by atoms with Gasteiger partial charge in [0.1, 0.15) is 28.0 Å². The molecule has 0 aliphatic rings. The van der Waals surface area contributed by atoms with Crippen LogP contribution in [0.5, 0.6) is 0 Å². The molecule has 0 unspecified atom stereocenters. The fraction of sp³-hybridized carbons (Fsp3) is 0. The van der Waals surface area contributed by atoms with Crippen molar-refractivity contribution in [3.05, 3.63) is 164 Å². The van der Waals surface area contributed by atoms with E-state index in [1.54, 1.807) is 11.3 Å². The second-order valence-corrected chi connectivity index (χ2v) is 15.1. The van der Waals surface area contributed by atoms with Crippen molar-refractivity contribution in [2.45, 2.75) is 0 Å². The van der Waals surface area contributed by atoms with Crippen molar-refractivity contribution in [1.29, 1.82) is 0 Å². The molecule has 266 valence electrons. The number of para-hydroxylation sites is 2. The zero-order valence-corrected chi connectivity index (χ0v) is 30.9. The number of benzene rings is 7. The number of hydrogen-bond donors (Lipinski definition) is 0. The monoisotopic (exact) mass is 749 g/mol. The predicted octanol–water partition coefficient (Wildman–Crippen LogP) is 13.2. The molecule has 12 aromatic rings. The van der Waals surface area contributed by atoms with Crippen LogP contribution in [-0.4, -0.2) is 24.9 Å². The molecule has 0 N–H and O–H groups in total. The van der Waals surface area contributed by atoms with Gasteiger partial charge in [0, 0.05) is 64.1 Å². The SMILES string of the molecule is c1ccc(-c2nc(-c3ccccc3)nc(-c3cccc4oc5c(-c6nc(-c7ccc8c(c7)sc7ccccc78)nc7c6oc6ccccc67)cccc5c34)n2)cc1. The molecule has 0 radical (unpaired) electrons. The molecule has 0 saturated carbocycles. The molecule has 0 saturated heterocycles. The van der Waals surface area contributed by atoms with Crippen LogP contribution >= 0.6 is 11.3 Å². The van der Waals surface area contributed by atoms with Gasteiger partial charge in [-0.05, 0) is 36.4 Å². The van der Waals surface area contributed by atoms with Crippen molar-refractivity contribution < 1.29 is 8.83 Å². The lowest BCUT2D eigenvalue weighted by Crippen LogP contribution is -2.00. The first-order chi connectivity index (χ1) is 28.2. The van der Waals surface area contributed by atoms with Crippen LogP contribution < -0.4 is 0 Å². The zero-order chi connectivity index (χ0) is 37.5. The van der Waals surface area contributed by atoms with E-state index < -0.39 is 0 Å². The highest BCUT2D eigenvalue weighted by Crippen LogP contribution is 2.44. The second kappa shape index (κ2) is 12.5. The maximum absolute atomic E-state index is 6.82. The maximum Gasteiger partial charge on any atom is 0.180 e. The van der Waals surface area contributed by atoms with Gasteiger partial charge in [-0.3, -0.25) is 0 Å². The van der Waals surface area contributed by atoms with Crippen LogP contribution in [0.3, 0.4) is 0 Å². The molecule has 0 bridgehead atoms. The van der Waals surface area contributed by atoms with Crippen molar-refractivity contribution in [1.82, 2.24) is 24.9 Å². The van der Waals surface area contributed by atoms with Crippen molar-refractivity contribution in [3.8, 4) is 56.8 Å². The minimum atomic E-state index is 0.557. The van der Waals surface area contributed by atoms with Crippen molar-refractivity contribution in [3.63, 3.8) is 0 Å². The molecule has 8 heteroatoms. The molecule has 5 aromatic heterocycles. The molecule has 5 heterocycles. The summed E-state index contributed by atoms with van der Waals surface area (Å²) >= 11 is 1.78. The molecule has 12 rings (SSSR count). The predicted molar refractivity (Wildman–Crippen MR) is 230 cm³/mol. The third-order valence-electron chi connectivity index (χ3n) is 10.6. The number of aromatic nitrogens is 5. The van der Waals surface area contributed by atoms with E-state index in [0.29, 0.717) is 45.7 Å². The summed E-state index contributed by atoms with van der Waals surface area (Å²) in [7, 11) is 0. The van der Waals surface area contributed by atoms with Gasteiger partial charge >= 0.3 is 0 Å². The summed E-state index contributed by atoms with van der Waals surface area (Å²) in [6, 6.07) is 55.2. The van der Waals surface area contributed by atoms with Gasteiger partial charge in [0.05, 0.1) is 0 Å². The van der Waals surface area contributed by atoms with E-state index in [2.05, 4.69) is 48.5 Å². The summed E-state index contributed by atoms with van der Waals surface area (Å²) in [5.74, 6) is 2.37. The summed E-state index contributed by atoms with van der Waals surface area (Å²) in [6.07, 6.45) is 0. The number of furan rings is 2. The minimum absolute atomic E-state index is 0.557. The Morgan fingerprint density at radius 2 is 0.965 bits per heavy atom. The molecule has 0 aliphatic heterocycles. The van der Waals surface area contributed by atoms with E-state index >= 15 is 0 Å². The normalized spacial score (nSPS) is 11.9. The second-order valence-electron chi connectivity index (χ2n) is 14.0. The first-order valence-corrected chi connectivity index (χ1v) is 19.5. The topological polar surface area (TPSA) is 90.7 Å². The smallest absolute Gasteiger partial charge is 0.180 e. The Labute approximate surface area is 328 Å². The van der Waals surface area contributed by atoms with E-state index in [4.69, 9.17) is 33.8 Å². The van der Waals surface area contributed by atoms with Crippen LogP contribution in [0.1, 0.15) is 0 Å². The van der Waals surface area contributed by atoms with E-state index in [-0.39, 0.29) is 0 Å². The summed E-state index contributed by atoms with van der Waals surface area (Å²) in [4.78, 5) is 25.5.